The quantitative estimate of drug-likeness (QED) is 0.696. The Balaban J connectivity index is 1.87. The minimum Gasteiger partial charge on any atom is -0.452 e. The van der Waals surface area contributed by atoms with Gasteiger partial charge in [-0.15, -0.1) is 0 Å². The predicted octanol–water partition coefficient (Wildman–Crippen LogP) is 2.69. The number of amides is 1. The lowest BCUT2D eigenvalue weighted by atomic mass is 9.70. The summed E-state index contributed by atoms with van der Waals surface area (Å²) in [6.45, 7) is 0. The molecule has 0 unspecified atom stereocenters. The van der Waals surface area contributed by atoms with Gasteiger partial charge >= 0.3 is 6.09 Å². The van der Waals surface area contributed by atoms with Crippen LogP contribution in [0, 0.1) is 11.8 Å². The molecule has 16 heavy (non-hydrogen) atoms. The average Bonchev–Trinajstić information content (AvgIpc) is 2.35. The number of hydrazone groups is 1. The van der Waals surface area contributed by atoms with Crippen molar-refractivity contribution in [2.75, 3.05) is 7.11 Å². The molecular formula is C12H20N2O2. The Morgan fingerprint density at radius 2 is 2.06 bits per heavy atom. The maximum atomic E-state index is 10.9. The van der Waals surface area contributed by atoms with Gasteiger partial charge in [0, 0.05) is 5.71 Å². The number of rotatable bonds is 1. The van der Waals surface area contributed by atoms with Gasteiger partial charge in [0.25, 0.3) is 0 Å². The van der Waals surface area contributed by atoms with E-state index in [0.29, 0.717) is 0 Å². The highest BCUT2D eigenvalue weighted by Gasteiger charge is 2.30. The third-order valence-electron chi connectivity index (χ3n) is 3.86. The van der Waals surface area contributed by atoms with E-state index in [4.69, 9.17) is 0 Å². The van der Waals surface area contributed by atoms with Gasteiger partial charge < -0.3 is 4.74 Å². The maximum Gasteiger partial charge on any atom is 0.427 e. The van der Waals surface area contributed by atoms with Crippen molar-refractivity contribution in [3.63, 3.8) is 0 Å². The molecule has 2 atom stereocenters. The number of hydrogen-bond acceptors (Lipinski definition) is 3. The highest BCUT2D eigenvalue weighted by Crippen LogP contribution is 2.39. The van der Waals surface area contributed by atoms with Crippen molar-refractivity contribution < 1.29 is 9.53 Å². The lowest BCUT2D eigenvalue weighted by Gasteiger charge is -2.35. The van der Waals surface area contributed by atoms with Crippen LogP contribution < -0.4 is 5.43 Å². The van der Waals surface area contributed by atoms with Gasteiger partial charge in [-0.05, 0) is 37.5 Å². The number of nitrogens with zero attached hydrogens (tertiary/aromatic N) is 1. The van der Waals surface area contributed by atoms with Gasteiger partial charge in [-0.1, -0.05) is 19.3 Å². The largest absolute Gasteiger partial charge is 0.452 e. The fourth-order valence-corrected chi connectivity index (χ4v) is 2.96. The summed E-state index contributed by atoms with van der Waals surface area (Å²) in [6.07, 6.45) is 8.35. The van der Waals surface area contributed by atoms with E-state index in [0.717, 1.165) is 30.4 Å². The number of methoxy groups -OCH3 is 1. The van der Waals surface area contributed by atoms with Gasteiger partial charge in [-0.25, -0.2) is 10.2 Å². The Morgan fingerprint density at radius 3 is 2.81 bits per heavy atom. The highest BCUT2D eigenvalue weighted by molar-refractivity contribution is 5.86. The molecule has 0 bridgehead atoms. The molecule has 0 aromatic heterocycles. The van der Waals surface area contributed by atoms with Gasteiger partial charge in [-0.3, -0.25) is 0 Å². The van der Waals surface area contributed by atoms with Gasteiger partial charge in [0.2, 0.25) is 0 Å². The molecule has 1 amide bonds. The molecule has 0 spiro atoms. The third-order valence-corrected chi connectivity index (χ3v) is 3.86. The van der Waals surface area contributed by atoms with Crippen LogP contribution in [0.1, 0.15) is 44.9 Å². The first kappa shape index (κ1) is 11.4. The molecule has 2 fully saturated rings. The third kappa shape index (κ3) is 2.74. The Hall–Kier alpha value is -1.06. The molecule has 0 aromatic rings. The van der Waals surface area contributed by atoms with Crippen LogP contribution in [0.2, 0.25) is 0 Å². The average molecular weight is 224 g/mol. The zero-order valence-electron chi connectivity index (χ0n) is 9.87. The van der Waals surface area contributed by atoms with E-state index >= 15 is 0 Å². The molecule has 0 aliphatic heterocycles. The van der Waals surface area contributed by atoms with Crippen LogP contribution in [0.5, 0.6) is 0 Å². The van der Waals surface area contributed by atoms with Gasteiger partial charge in [-0.2, -0.15) is 5.10 Å². The van der Waals surface area contributed by atoms with Crippen molar-refractivity contribution in [3.05, 3.63) is 0 Å². The van der Waals surface area contributed by atoms with Crippen LogP contribution in [-0.4, -0.2) is 18.9 Å². The molecule has 1 N–H and O–H groups in total. The van der Waals surface area contributed by atoms with E-state index in [1.807, 2.05) is 0 Å². The van der Waals surface area contributed by atoms with Crippen molar-refractivity contribution in [2.45, 2.75) is 44.9 Å². The molecular weight excluding hydrogens is 204 g/mol. The molecule has 2 aliphatic rings. The van der Waals surface area contributed by atoms with Gasteiger partial charge in [0.15, 0.2) is 0 Å². The molecule has 0 radical (unpaired) electrons. The fraction of sp³-hybridized carbons (Fsp3) is 0.833. The second-order valence-corrected chi connectivity index (χ2v) is 4.83. The molecule has 2 aliphatic carbocycles. The molecule has 0 aromatic carbocycles. The van der Waals surface area contributed by atoms with Gasteiger partial charge in [0.05, 0.1) is 7.11 Å². The first-order valence-electron chi connectivity index (χ1n) is 6.19. The smallest absolute Gasteiger partial charge is 0.427 e. The summed E-state index contributed by atoms with van der Waals surface area (Å²) >= 11 is 0. The number of nitrogens with one attached hydrogen (secondary N) is 1. The molecule has 4 nitrogen and oxygen atoms in total. The van der Waals surface area contributed by atoms with Crippen LogP contribution >= 0.6 is 0 Å². The van der Waals surface area contributed by atoms with E-state index in [1.54, 1.807) is 0 Å². The van der Waals surface area contributed by atoms with Crippen molar-refractivity contribution in [1.29, 1.82) is 0 Å². The van der Waals surface area contributed by atoms with Crippen LogP contribution in [0.25, 0.3) is 0 Å². The summed E-state index contributed by atoms with van der Waals surface area (Å²) in [5, 5.41) is 4.14. The number of carbonyl (C=O) groups is 1. The molecule has 4 heteroatoms. The Morgan fingerprint density at radius 1 is 1.31 bits per heavy atom. The van der Waals surface area contributed by atoms with Crippen LogP contribution in [-0.2, 0) is 4.74 Å². The lowest BCUT2D eigenvalue weighted by molar-refractivity contribution is 0.171. The van der Waals surface area contributed by atoms with Crippen molar-refractivity contribution in [2.24, 2.45) is 16.9 Å². The van der Waals surface area contributed by atoms with Crippen LogP contribution in [0.4, 0.5) is 4.79 Å². The Labute approximate surface area is 96.4 Å². The van der Waals surface area contributed by atoms with E-state index in [1.165, 1.54) is 39.2 Å². The number of fused-ring (bicyclic) bond motifs is 1. The summed E-state index contributed by atoms with van der Waals surface area (Å²) in [7, 11) is 1.35. The zero-order valence-corrected chi connectivity index (χ0v) is 9.87. The Kier molecular flexibility index (Phi) is 3.80. The normalized spacial score (nSPS) is 31.9. The number of carbonyl (C=O) groups excluding carboxylic acids is 1. The minimum atomic E-state index is -0.474. The first-order chi connectivity index (χ1) is 7.79. The first-order valence-corrected chi connectivity index (χ1v) is 6.19. The number of hydrogen-bond donors (Lipinski definition) is 1. The fourth-order valence-electron chi connectivity index (χ4n) is 2.96. The standard InChI is InChI=1S/C12H20N2O2/c1-16-12(15)14-13-11-7-6-9-4-2-3-5-10(9)8-11/h9-10H,2-8H2,1H3,(H,14,15)/b13-11-/t9-,10+/m0/s1. The monoisotopic (exact) mass is 224 g/mol. The van der Waals surface area contributed by atoms with Crippen molar-refractivity contribution in [3.8, 4) is 0 Å². The van der Waals surface area contributed by atoms with E-state index in [2.05, 4.69) is 15.3 Å². The summed E-state index contributed by atoms with van der Waals surface area (Å²) in [5.41, 5.74) is 3.56. The summed E-state index contributed by atoms with van der Waals surface area (Å²) in [6, 6.07) is 0. The highest BCUT2D eigenvalue weighted by atomic mass is 16.5. The summed E-state index contributed by atoms with van der Waals surface area (Å²) in [4.78, 5) is 10.9. The summed E-state index contributed by atoms with van der Waals surface area (Å²) < 4.78 is 4.49. The minimum absolute atomic E-state index is 0.474. The molecule has 90 valence electrons. The second kappa shape index (κ2) is 5.32. The van der Waals surface area contributed by atoms with E-state index in [9.17, 15) is 4.79 Å². The zero-order chi connectivity index (χ0) is 11.4. The van der Waals surface area contributed by atoms with Gasteiger partial charge in [0.1, 0.15) is 0 Å². The van der Waals surface area contributed by atoms with Crippen molar-refractivity contribution >= 4 is 11.8 Å². The van der Waals surface area contributed by atoms with E-state index in [-0.39, 0.29) is 0 Å². The van der Waals surface area contributed by atoms with Crippen LogP contribution in [0.15, 0.2) is 5.10 Å². The molecule has 2 saturated carbocycles. The second-order valence-electron chi connectivity index (χ2n) is 4.83. The summed E-state index contributed by atoms with van der Waals surface area (Å²) in [5.74, 6) is 1.71. The lowest BCUT2D eigenvalue weighted by Crippen LogP contribution is -2.29. The molecule has 2 rings (SSSR count). The topological polar surface area (TPSA) is 50.7 Å². The maximum absolute atomic E-state index is 10.9. The predicted molar refractivity (Wildman–Crippen MR) is 62.3 cm³/mol. The number of ether oxygens (including phenoxy) is 1. The Bertz CT molecular complexity index is 289. The SMILES string of the molecule is COC(=O)N/N=C1/CC[C@@H]2CCCC[C@@H]2C1. The van der Waals surface area contributed by atoms with Crippen molar-refractivity contribution in [1.82, 2.24) is 5.43 Å². The van der Waals surface area contributed by atoms with E-state index < -0.39 is 6.09 Å². The molecule has 0 saturated heterocycles. The van der Waals surface area contributed by atoms with Crippen LogP contribution in [0.3, 0.4) is 0 Å². The molecule has 0 heterocycles.